The number of rotatable bonds is 4. The molecule has 2 amide bonds. The van der Waals surface area contributed by atoms with Gasteiger partial charge >= 0.3 is 0 Å². The van der Waals surface area contributed by atoms with Gasteiger partial charge < -0.3 is 14.5 Å². The molecule has 1 aliphatic rings. The van der Waals surface area contributed by atoms with E-state index in [1.165, 1.54) is 0 Å². The number of amides is 2. The van der Waals surface area contributed by atoms with Crippen molar-refractivity contribution in [1.82, 2.24) is 14.8 Å². The summed E-state index contributed by atoms with van der Waals surface area (Å²) in [7, 11) is 0. The lowest BCUT2D eigenvalue weighted by Crippen LogP contribution is -2.39. The number of pyridine rings is 1. The predicted octanol–water partition coefficient (Wildman–Crippen LogP) is 1.84. The Labute approximate surface area is 147 Å². The molecule has 2 aromatic rings. The Kier molecular flexibility index (Phi) is 5.61. The molecule has 1 aliphatic heterocycles. The molecule has 1 aromatic heterocycles. The zero-order valence-corrected chi connectivity index (χ0v) is 14.0. The second kappa shape index (κ2) is 8.28. The average molecular weight is 339 g/mol. The summed E-state index contributed by atoms with van der Waals surface area (Å²) in [6.07, 6.45) is 3.98. The smallest absolute Gasteiger partial charge is 0.260 e. The molecule has 2 heterocycles. The molecule has 130 valence electrons. The fourth-order valence-electron chi connectivity index (χ4n) is 2.80. The van der Waals surface area contributed by atoms with Crippen molar-refractivity contribution in [2.75, 3.05) is 32.8 Å². The first-order valence-corrected chi connectivity index (χ1v) is 8.39. The maximum atomic E-state index is 12.5. The first-order valence-electron chi connectivity index (χ1n) is 8.39. The molecule has 1 saturated heterocycles. The van der Waals surface area contributed by atoms with Crippen LogP contribution in [0.15, 0.2) is 54.9 Å². The molecule has 0 N–H and O–H groups in total. The zero-order chi connectivity index (χ0) is 17.5. The highest BCUT2D eigenvalue weighted by atomic mass is 16.5. The lowest BCUT2D eigenvalue weighted by Gasteiger charge is -2.22. The van der Waals surface area contributed by atoms with Gasteiger partial charge in [-0.1, -0.05) is 18.2 Å². The molecule has 0 bridgehead atoms. The number of aromatic nitrogens is 1. The minimum Gasteiger partial charge on any atom is -0.484 e. The molecular formula is C19H21N3O3. The summed E-state index contributed by atoms with van der Waals surface area (Å²) < 4.78 is 5.53. The molecule has 0 saturated carbocycles. The van der Waals surface area contributed by atoms with E-state index in [1.54, 1.807) is 34.3 Å². The maximum absolute atomic E-state index is 12.5. The SMILES string of the molecule is O=C(COc1ccccc1)N1CCCN(C(=O)c2ccncc2)CC1. The molecule has 25 heavy (non-hydrogen) atoms. The van der Waals surface area contributed by atoms with Gasteiger partial charge in [0.2, 0.25) is 0 Å². The summed E-state index contributed by atoms with van der Waals surface area (Å²) in [5, 5.41) is 0. The Bertz CT molecular complexity index is 706. The number of ether oxygens (including phenoxy) is 1. The Morgan fingerprint density at radius 1 is 0.920 bits per heavy atom. The molecule has 0 radical (unpaired) electrons. The molecule has 0 aliphatic carbocycles. The zero-order valence-electron chi connectivity index (χ0n) is 14.0. The van der Waals surface area contributed by atoms with E-state index in [1.807, 2.05) is 30.3 Å². The molecule has 0 atom stereocenters. The third kappa shape index (κ3) is 4.56. The van der Waals surface area contributed by atoms with Crippen LogP contribution < -0.4 is 4.74 Å². The van der Waals surface area contributed by atoms with Crippen LogP contribution in [0.3, 0.4) is 0 Å². The monoisotopic (exact) mass is 339 g/mol. The molecule has 0 unspecified atom stereocenters. The van der Waals surface area contributed by atoms with Crippen molar-refractivity contribution in [3.05, 3.63) is 60.4 Å². The van der Waals surface area contributed by atoms with Crippen LogP contribution in [-0.4, -0.2) is 59.4 Å². The minimum absolute atomic E-state index is 0.0162. The van der Waals surface area contributed by atoms with Crippen molar-refractivity contribution in [3.8, 4) is 5.75 Å². The van der Waals surface area contributed by atoms with Gasteiger partial charge in [0.05, 0.1) is 0 Å². The lowest BCUT2D eigenvalue weighted by atomic mass is 10.2. The van der Waals surface area contributed by atoms with E-state index in [2.05, 4.69) is 4.98 Å². The topological polar surface area (TPSA) is 62.7 Å². The van der Waals surface area contributed by atoms with Gasteiger partial charge in [0.1, 0.15) is 5.75 Å². The van der Waals surface area contributed by atoms with Gasteiger partial charge in [0, 0.05) is 44.1 Å². The number of hydrogen-bond donors (Lipinski definition) is 0. The third-order valence-corrected chi connectivity index (χ3v) is 4.17. The summed E-state index contributed by atoms with van der Waals surface area (Å²) in [5.74, 6) is 0.611. The largest absolute Gasteiger partial charge is 0.484 e. The normalized spacial score (nSPS) is 14.7. The van der Waals surface area contributed by atoms with Crippen LogP contribution in [0, 0.1) is 0 Å². The van der Waals surface area contributed by atoms with Crippen LogP contribution in [0.25, 0.3) is 0 Å². The Morgan fingerprint density at radius 2 is 1.60 bits per heavy atom. The fraction of sp³-hybridized carbons (Fsp3) is 0.316. The first-order chi connectivity index (χ1) is 12.2. The highest BCUT2D eigenvalue weighted by Gasteiger charge is 2.23. The van der Waals surface area contributed by atoms with Crippen molar-refractivity contribution >= 4 is 11.8 Å². The molecule has 6 nitrogen and oxygen atoms in total. The van der Waals surface area contributed by atoms with Crippen LogP contribution in [0.5, 0.6) is 5.75 Å². The van der Waals surface area contributed by atoms with Gasteiger partial charge in [0.15, 0.2) is 6.61 Å². The van der Waals surface area contributed by atoms with Gasteiger partial charge in [-0.2, -0.15) is 0 Å². The van der Waals surface area contributed by atoms with E-state index < -0.39 is 0 Å². The number of benzene rings is 1. The van der Waals surface area contributed by atoms with E-state index in [-0.39, 0.29) is 18.4 Å². The predicted molar refractivity (Wildman–Crippen MR) is 93.3 cm³/mol. The van der Waals surface area contributed by atoms with Crippen molar-refractivity contribution in [1.29, 1.82) is 0 Å². The number of para-hydroxylation sites is 1. The fourth-order valence-corrected chi connectivity index (χ4v) is 2.80. The second-order valence-corrected chi connectivity index (χ2v) is 5.86. The number of nitrogens with zero attached hydrogens (tertiary/aromatic N) is 3. The molecule has 1 aromatic carbocycles. The highest BCUT2D eigenvalue weighted by Crippen LogP contribution is 2.11. The maximum Gasteiger partial charge on any atom is 0.260 e. The summed E-state index contributed by atoms with van der Waals surface area (Å²) in [6.45, 7) is 2.34. The van der Waals surface area contributed by atoms with E-state index in [0.717, 1.165) is 6.42 Å². The number of hydrogen-bond acceptors (Lipinski definition) is 4. The van der Waals surface area contributed by atoms with E-state index in [9.17, 15) is 9.59 Å². The van der Waals surface area contributed by atoms with E-state index in [4.69, 9.17) is 4.74 Å². The molecule has 6 heteroatoms. The van der Waals surface area contributed by atoms with Crippen molar-refractivity contribution in [3.63, 3.8) is 0 Å². The van der Waals surface area contributed by atoms with Crippen molar-refractivity contribution in [2.24, 2.45) is 0 Å². The summed E-state index contributed by atoms with van der Waals surface area (Å²) in [6, 6.07) is 12.7. The molecular weight excluding hydrogens is 318 g/mol. The Morgan fingerprint density at radius 3 is 2.36 bits per heavy atom. The van der Waals surface area contributed by atoms with Gasteiger partial charge in [-0.05, 0) is 30.7 Å². The summed E-state index contributed by atoms with van der Waals surface area (Å²) in [4.78, 5) is 32.4. The van der Waals surface area contributed by atoms with Crippen molar-refractivity contribution < 1.29 is 14.3 Å². The average Bonchev–Trinajstić information content (AvgIpc) is 2.93. The summed E-state index contributed by atoms with van der Waals surface area (Å²) >= 11 is 0. The van der Waals surface area contributed by atoms with Crippen molar-refractivity contribution in [2.45, 2.75) is 6.42 Å². The van der Waals surface area contributed by atoms with E-state index in [0.29, 0.717) is 37.5 Å². The second-order valence-electron chi connectivity index (χ2n) is 5.86. The minimum atomic E-state index is -0.0536. The third-order valence-electron chi connectivity index (χ3n) is 4.17. The van der Waals surface area contributed by atoms with Crippen LogP contribution in [-0.2, 0) is 4.79 Å². The van der Waals surface area contributed by atoms with Gasteiger partial charge in [-0.3, -0.25) is 14.6 Å². The molecule has 1 fully saturated rings. The quantitative estimate of drug-likeness (QED) is 0.853. The standard InChI is InChI=1S/C19H21N3O3/c23-18(15-25-17-5-2-1-3-6-17)21-11-4-12-22(14-13-21)19(24)16-7-9-20-10-8-16/h1-3,5-10H,4,11-15H2. The van der Waals surface area contributed by atoms with Crippen LogP contribution in [0.4, 0.5) is 0 Å². The summed E-state index contributed by atoms with van der Waals surface area (Å²) in [5.41, 5.74) is 0.627. The van der Waals surface area contributed by atoms with Crippen LogP contribution in [0.2, 0.25) is 0 Å². The number of carbonyl (C=O) groups is 2. The first kappa shape index (κ1) is 17.0. The molecule has 0 spiro atoms. The van der Waals surface area contributed by atoms with Gasteiger partial charge in [-0.15, -0.1) is 0 Å². The van der Waals surface area contributed by atoms with Gasteiger partial charge in [-0.25, -0.2) is 0 Å². The van der Waals surface area contributed by atoms with E-state index >= 15 is 0 Å². The Balaban J connectivity index is 1.52. The number of carbonyl (C=O) groups excluding carboxylic acids is 2. The Hall–Kier alpha value is -2.89. The molecule has 3 rings (SSSR count). The lowest BCUT2D eigenvalue weighted by molar-refractivity contribution is -0.133. The highest BCUT2D eigenvalue weighted by molar-refractivity contribution is 5.94. The van der Waals surface area contributed by atoms with Gasteiger partial charge in [0.25, 0.3) is 11.8 Å². The van der Waals surface area contributed by atoms with Crippen LogP contribution >= 0.6 is 0 Å². The van der Waals surface area contributed by atoms with Crippen LogP contribution in [0.1, 0.15) is 16.8 Å².